The number of benzene rings is 2. The first kappa shape index (κ1) is 19.9. The Morgan fingerprint density at radius 3 is 2.18 bits per heavy atom. The van der Waals surface area contributed by atoms with Crippen molar-refractivity contribution in [2.45, 2.75) is 31.7 Å². The van der Waals surface area contributed by atoms with E-state index < -0.39 is 10.0 Å². The van der Waals surface area contributed by atoms with Crippen LogP contribution >= 0.6 is 0 Å². The van der Waals surface area contributed by atoms with Crippen molar-refractivity contribution in [3.63, 3.8) is 0 Å². The van der Waals surface area contributed by atoms with Gasteiger partial charge in [0.15, 0.2) is 0 Å². The van der Waals surface area contributed by atoms with Crippen LogP contribution in [0.5, 0.6) is 0 Å². The van der Waals surface area contributed by atoms with Crippen LogP contribution in [0.2, 0.25) is 0 Å². The molecule has 0 saturated heterocycles. The number of anilines is 2. The summed E-state index contributed by atoms with van der Waals surface area (Å²) in [5, 5.41) is 0. The number of pyridine rings is 1. The second-order valence-electron chi connectivity index (χ2n) is 6.51. The lowest BCUT2D eigenvalue weighted by molar-refractivity contribution is 0.601. The van der Waals surface area contributed by atoms with Gasteiger partial charge in [0.1, 0.15) is 5.82 Å². The van der Waals surface area contributed by atoms with Gasteiger partial charge in [-0.05, 0) is 48.7 Å². The Labute approximate surface area is 167 Å². The predicted molar refractivity (Wildman–Crippen MR) is 114 cm³/mol. The highest BCUT2D eigenvalue weighted by Crippen LogP contribution is 2.20. The molecule has 0 radical (unpaired) electrons. The third kappa shape index (κ3) is 4.89. The number of sulfonamides is 1. The van der Waals surface area contributed by atoms with Crippen LogP contribution in [-0.2, 0) is 23.0 Å². The highest BCUT2D eigenvalue weighted by atomic mass is 32.2. The zero-order valence-electron chi connectivity index (χ0n) is 16.2. The van der Waals surface area contributed by atoms with Gasteiger partial charge < -0.3 is 4.90 Å². The van der Waals surface area contributed by atoms with Gasteiger partial charge >= 0.3 is 0 Å². The fourth-order valence-electron chi connectivity index (χ4n) is 2.91. The van der Waals surface area contributed by atoms with Gasteiger partial charge in [-0.25, -0.2) is 13.4 Å². The maximum absolute atomic E-state index is 12.6. The Bertz CT molecular complexity index is 986. The first-order valence-corrected chi connectivity index (χ1v) is 10.9. The third-order valence-electron chi connectivity index (χ3n) is 4.56. The summed E-state index contributed by atoms with van der Waals surface area (Å²) < 4.78 is 27.7. The Hall–Kier alpha value is -2.86. The Morgan fingerprint density at radius 2 is 1.61 bits per heavy atom. The van der Waals surface area contributed by atoms with Crippen LogP contribution in [0.4, 0.5) is 11.5 Å². The largest absolute Gasteiger partial charge is 0.353 e. The number of aromatic nitrogens is 1. The van der Waals surface area contributed by atoms with E-state index in [1.807, 2.05) is 43.3 Å². The van der Waals surface area contributed by atoms with Gasteiger partial charge in [-0.2, -0.15) is 0 Å². The van der Waals surface area contributed by atoms with E-state index in [4.69, 9.17) is 0 Å². The van der Waals surface area contributed by atoms with Crippen molar-refractivity contribution >= 4 is 21.5 Å². The molecule has 0 atom stereocenters. The van der Waals surface area contributed by atoms with E-state index in [1.54, 1.807) is 24.4 Å². The van der Waals surface area contributed by atoms with Crippen LogP contribution in [0.15, 0.2) is 77.8 Å². The predicted octanol–water partition coefficient (Wildman–Crippen LogP) is 4.47. The highest BCUT2D eigenvalue weighted by Gasteiger charge is 2.15. The fraction of sp³-hybridized carbons (Fsp3) is 0.227. The number of nitrogens with one attached hydrogen (secondary N) is 1. The van der Waals surface area contributed by atoms with E-state index in [0.29, 0.717) is 5.69 Å². The topological polar surface area (TPSA) is 62.3 Å². The first-order chi connectivity index (χ1) is 13.5. The summed E-state index contributed by atoms with van der Waals surface area (Å²) in [7, 11) is -3.63. The molecule has 0 spiro atoms. The molecule has 0 aliphatic carbocycles. The quantitative estimate of drug-likeness (QED) is 0.611. The van der Waals surface area contributed by atoms with Crippen molar-refractivity contribution in [3.05, 3.63) is 84.1 Å². The molecule has 28 heavy (non-hydrogen) atoms. The molecule has 3 rings (SSSR count). The van der Waals surface area contributed by atoms with E-state index in [1.165, 1.54) is 5.56 Å². The molecule has 5 nitrogen and oxygen atoms in total. The van der Waals surface area contributed by atoms with Gasteiger partial charge in [-0.15, -0.1) is 0 Å². The molecule has 1 aromatic heterocycles. The summed E-state index contributed by atoms with van der Waals surface area (Å²) >= 11 is 0. The normalized spacial score (nSPS) is 11.2. The number of rotatable bonds is 8. The smallest absolute Gasteiger partial charge is 0.261 e. The van der Waals surface area contributed by atoms with Crippen molar-refractivity contribution in [2.75, 3.05) is 16.2 Å². The molecule has 1 heterocycles. The van der Waals surface area contributed by atoms with Gasteiger partial charge in [-0.3, -0.25) is 4.72 Å². The molecule has 0 saturated carbocycles. The van der Waals surface area contributed by atoms with E-state index in [-0.39, 0.29) is 4.90 Å². The standard InChI is InChI=1S/C22H25N3O2S/c1-3-18-10-13-21(14-11-18)28(26,27)24-20-12-15-22(23-16-20)25(4-2)17-19-8-6-5-7-9-19/h5-16,24H,3-4,17H2,1-2H3. The lowest BCUT2D eigenvalue weighted by atomic mass is 10.2. The molecular formula is C22H25N3O2S. The van der Waals surface area contributed by atoms with E-state index in [2.05, 4.69) is 33.7 Å². The molecular weight excluding hydrogens is 370 g/mol. The van der Waals surface area contributed by atoms with Crippen molar-refractivity contribution in [3.8, 4) is 0 Å². The summed E-state index contributed by atoms with van der Waals surface area (Å²) in [6, 6.07) is 20.7. The van der Waals surface area contributed by atoms with Crippen LogP contribution in [0, 0.1) is 0 Å². The second kappa shape index (κ2) is 8.89. The zero-order valence-corrected chi connectivity index (χ0v) is 17.0. The molecule has 146 valence electrons. The SMILES string of the molecule is CCc1ccc(S(=O)(=O)Nc2ccc(N(CC)Cc3ccccc3)nc2)cc1. The maximum Gasteiger partial charge on any atom is 0.261 e. The first-order valence-electron chi connectivity index (χ1n) is 9.38. The van der Waals surface area contributed by atoms with Crippen molar-refractivity contribution in [1.82, 2.24) is 4.98 Å². The lowest BCUT2D eigenvalue weighted by Gasteiger charge is -2.22. The minimum Gasteiger partial charge on any atom is -0.353 e. The highest BCUT2D eigenvalue weighted by molar-refractivity contribution is 7.92. The van der Waals surface area contributed by atoms with Gasteiger partial charge in [0.25, 0.3) is 10.0 Å². The summed E-state index contributed by atoms with van der Waals surface area (Å²) in [4.78, 5) is 6.83. The van der Waals surface area contributed by atoms with E-state index in [9.17, 15) is 8.42 Å². The number of hydrogen-bond acceptors (Lipinski definition) is 4. The van der Waals surface area contributed by atoms with Gasteiger partial charge in [0, 0.05) is 13.1 Å². The van der Waals surface area contributed by atoms with Crippen molar-refractivity contribution < 1.29 is 8.42 Å². The van der Waals surface area contributed by atoms with Gasteiger partial charge in [0.2, 0.25) is 0 Å². The molecule has 0 fully saturated rings. The van der Waals surface area contributed by atoms with Gasteiger partial charge in [-0.1, -0.05) is 49.4 Å². The Morgan fingerprint density at radius 1 is 0.893 bits per heavy atom. The molecule has 1 N–H and O–H groups in total. The second-order valence-corrected chi connectivity index (χ2v) is 8.19. The van der Waals surface area contributed by atoms with Crippen LogP contribution in [0.1, 0.15) is 25.0 Å². The van der Waals surface area contributed by atoms with Crippen LogP contribution in [0.25, 0.3) is 0 Å². The summed E-state index contributed by atoms with van der Waals surface area (Å²) in [5.74, 6) is 0.807. The Balaban J connectivity index is 1.72. The molecule has 0 bridgehead atoms. The average molecular weight is 396 g/mol. The molecule has 0 aliphatic rings. The third-order valence-corrected chi connectivity index (χ3v) is 5.96. The minimum atomic E-state index is -3.63. The van der Waals surface area contributed by atoms with Crippen LogP contribution in [0.3, 0.4) is 0 Å². The van der Waals surface area contributed by atoms with Gasteiger partial charge in [0.05, 0.1) is 16.8 Å². The zero-order chi connectivity index (χ0) is 20.0. The van der Waals surface area contributed by atoms with Crippen molar-refractivity contribution in [1.29, 1.82) is 0 Å². The monoisotopic (exact) mass is 395 g/mol. The Kier molecular flexibility index (Phi) is 6.31. The van der Waals surface area contributed by atoms with E-state index >= 15 is 0 Å². The number of aryl methyl sites for hydroxylation is 1. The summed E-state index contributed by atoms with van der Waals surface area (Å²) in [6.07, 6.45) is 2.43. The average Bonchev–Trinajstić information content (AvgIpc) is 2.73. The van der Waals surface area contributed by atoms with Crippen LogP contribution < -0.4 is 9.62 Å². The summed E-state index contributed by atoms with van der Waals surface area (Å²) in [6.45, 7) is 5.66. The van der Waals surface area contributed by atoms with Crippen LogP contribution in [-0.4, -0.2) is 19.9 Å². The lowest BCUT2D eigenvalue weighted by Crippen LogP contribution is -2.23. The maximum atomic E-state index is 12.6. The summed E-state index contributed by atoms with van der Waals surface area (Å²) in [5.41, 5.74) is 2.74. The van der Waals surface area contributed by atoms with E-state index in [0.717, 1.165) is 30.9 Å². The fourth-order valence-corrected chi connectivity index (χ4v) is 3.95. The molecule has 0 unspecified atom stereocenters. The molecule has 2 aromatic carbocycles. The minimum absolute atomic E-state index is 0.244. The molecule has 0 aliphatic heterocycles. The van der Waals surface area contributed by atoms with Crippen molar-refractivity contribution in [2.24, 2.45) is 0 Å². The molecule has 6 heteroatoms. The molecule has 3 aromatic rings. The number of hydrogen-bond donors (Lipinski definition) is 1. The number of nitrogens with zero attached hydrogens (tertiary/aromatic N) is 2. The molecule has 0 amide bonds.